The Hall–Kier alpha value is -1.79. The minimum atomic E-state index is 0.505. The Labute approximate surface area is 136 Å². The van der Waals surface area contributed by atoms with Gasteiger partial charge in [0.05, 0.1) is 12.3 Å². The molecule has 2 rings (SSSR count). The fourth-order valence-corrected chi connectivity index (χ4v) is 2.59. The number of methoxy groups -OCH3 is 1. The lowest BCUT2D eigenvalue weighted by atomic mass is 10.0. The lowest BCUT2D eigenvalue weighted by Crippen LogP contribution is -2.13. The van der Waals surface area contributed by atoms with Crippen molar-refractivity contribution in [3.8, 4) is 5.69 Å². The van der Waals surface area contributed by atoms with Crippen molar-refractivity contribution in [2.24, 2.45) is 0 Å². The molecule has 22 heavy (non-hydrogen) atoms. The second-order valence-electron chi connectivity index (χ2n) is 4.88. The van der Waals surface area contributed by atoms with Crippen molar-refractivity contribution in [3.63, 3.8) is 0 Å². The molecule has 0 saturated carbocycles. The van der Waals surface area contributed by atoms with Crippen molar-refractivity contribution in [2.75, 3.05) is 25.6 Å². The zero-order valence-corrected chi connectivity index (χ0v) is 14.1. The van der Waals surface area contributed by atoms with Crippen LogP contribution in [0.2, 0.25) is 0 Å². The molecule has 0 radical (unpaired) electrons. The van der Waals surface area contributed by atoms with Gasteiger partial charge in [-0.3, -0.25) is 4.57 Å². The topological polar surface area (TPSA) is 52.0 Å². The number of nitrogens with one attached hydrogen (secondary N) is 1. The number of hydrogen-bond acceptors (Lipinski definition) is 5. The van der Waals surface area contributed by atoms with Crippen molar-refractivity contribution in [2.45, 2.75) is 26.7 Å². The Morgan fingerprint density at radius 3 is 2.45 bits per heavy atom. The summed E-state index contributed by atoms with van der Waals surface area (Å²) < 4.78 is 7.40. The Morgan fingerprint density at radius 1 is 1.23 bits per heavy atom. The number of aromatic nitrogens is 3. The van der Waals surface area contributed by atoms with Gasteiger partial charge in [-0.25, -0.2) is 4.98 Å². The zero-order valence-electron chi connectivity index (χ0n) is 13.3. The van der Waals surface area contributed by atoms with Gasteiger partial charge in [-0.1, -0.05) is 32.0 Å². The third-order valence-electron chi connectivity index (χ3n) is 3.50. The molecule has 0 fully saturated rings. The van der Waals surface area contributed by atoms with E-state index in [2.05, 4.69) is 47.3 Å². The summed E-state index contributed by atoms with van der Waals surface area (Å²) in [5, 5.41) is 3.10. The molecule has 0 amide bonds. The van der Waals surface area contributed by atoms with Crippen LogP contribution in [-0.4, -0.2) is 34.8 Å². The van der Waals surface area contributed by atoms with E-state index in [0.29, 0.717) is 23.9 Å². The molecule has 1 heterocycles. The van der Waals surface area contributed by atoms with E-state index in [1.54, 1.807) is 13.4 Å². The van der Waals surface area contributed by atoms with Gasteiger partial charge in [-0.15, -0.1) is 0 Å². The number of para-hydroxylation sites is 1. The molecule has 0 bridgehead atoms. The van der Waals surface area contributed by atoms with Crippen LogP contribution in [-0.2, 0) is 17.6 Å². The first-order valence-electron chi connectivity index (χ1n) is 7.50. The molecule has 0 aliphatic rings. The molecule has 5 nitrogen and oxygen atoms in total. The molecule has 0 unspecified atom stereocenters. The van der Waals surface area contributed by atoms with Crippen LogP contribution in [0.5, 0.6) is 0 Å². The lowest BCUT2D eigenvalue weighted by Gasteiger charge is -2.15. The number of nitrogens with zero attached hydrogens (tertiary/aromatic N) is 3. The molecule has 2 aromatic rings. The second-order valence-corrected chi connectivity index (χ2v) is 5.25. The van der Waals surface area contributed by atoms with Gasteiger partial charge in [0, 0.05) is 13.7 Å². The normalized spacial score (nSPS) is 10.7. The van der Waals surface area contributed by atoms with Gasteiger partial charge in [0.1, 0.15) is 6.33 Å². The molecule has 1 N–H and O–H groups in total. The predicted octanol–water partition coefficient (Wildman–Crippen LogP) is 3.18. The van der Waals surface area contributed by atoms with E-state index in [9.17, 15) is 0 Å². The predicted molar refractivity (Wildman–Crippen MR) is 91.3 cm³/mol. The van der Waals surface area contributed by atoms with Crippen LogP contribution in [0.15, 0.2) is 24.5 Å². The summed E-state index contributed by atoms with van der Waals surface area (Å²) >= 11 is 5.46. The third kappa shape index (κ3) is 3.69. The summed E-state index contributed by atoms with van der Waals surface area (Å²) in [6.45, 7) is 5.54. The van der Waals surface area contributed by atoms with Crippen LogP contribution in [0, 0.1) is 4.77 Å². The van der Waals surface area contributed by atoms with Crippen molar-refractivity contribution < 1.29 is 4.74 Å². The molecule has 1 aromatic carbocycles. The molecule has 1 aromatic heterocycles. The summed E-state index contributed by atoms with van der Waals surface area (Å²) in [7, 11) is 1.66. The maximum Gasteiger partial charge on any atom is 0.226 e. The molecule has 0 spiro atoms. The monoisotopic (exact) mass is 318 g/mol. The van der Waals surface area contributed by atoms with Crippen LogP contribution >= 0.6 is 12.2 Å². The van der Waals surface area contributed by atoms with E-state index >= 15 is 0 Å². The van der Waals surface area contributed by atoms with Gasteiger partial charge >= 0.3 is 0 Å². The fourth-order valence-electron chi connectivity index (χ4n) is 2.36. The number of anilines is 1. The summed E-state index contributed by atoms with van der Waals surface area (Å²) in [5.74, 6) is 0.533. The molecule has 0 aliphatic heterocycles. The Bertz CT molecular complexity index is 662. The number of hydrogen-bond donors (Lipinski definition) is 1. The number of ether oxygens (including phenoxy) is 1. The van der Waals surface area contributed by atoms with Crippen molar-refractivity contribution >= 4 is 18.2 Å². The van der Waals surface area contributed by atoms with E-state index < -0.39 is 0 Å². The number of rotatable bonds is 7. The average Bonchev–Trinajstić information content (AvgIpc) is 2.54. The SMILES string of the molecule is CCc1cccc(CC)c1-n1cnc(NCCOC)nc1=S. The van der Waals surface area contributed by atoms with Crippen LogP contribution in [0.25, 0.3) is 5.69 Å². The molecule has 6 heteroatoms. The van der Waals surface area contributed by atoms with Gasteiger partial charge in [0.25, 0.3) is 0 Å². The highest BCUT2D eigenvalue weighted by Gasteiger charge is 2.10. The smallest absolute Gasteiger partial charge is 0.226 e. The minimum absolute atomic E-state index is 0.505. The molecule has 0 atom stereocenters. The van der Waals surface area contributed by atoms with Crippen LogP contribution in [0.4, 0.5) is 5.95 Å². The highest BCUT2D eigenvalue weighted by molar-refractivity contribution is 7.71. The van der Waals surface area contributed by atoms with Crippen LogP contribution < -0.4 is 5.32 Å². The second kappa shape index (κ2) is 8.00. The van der Waals surface area contributed by atoms with Gasteiger partial charge in [-0.05, 0) is 36.2 Å². The van der Waals surface area contributed by atoms with Gasteiger partial charge in [-0.2, -0.15) is 4.98 Å². The lowest BCUT2D eigenvalue weighted by molar-refractivity contribution is 0.210. The van der Waals surface area contributed by atoms with Crippen molar-refractivity contribution in [1.29, 1.82) is 0 Å². The van der Waals surface area contributed by atoms with Gasteiger partial charge < -0.3 is 10.1 Å². The summed E-state index contributed by atoms with van der Waals surface area (Å²) in [4.78, 5) is 8.73. The Balaban J connectivity index is 2.40. The summed E-state index contributed by atoms with van der Waals surface area (Å²) in [6.07, 6.45) is 3.63. The summed E-state index contributed by atoms with van der Waals surface area (Å²) in [6, 6.07) is 6.34. The maximum absolute atomic E-state index is 5.46. The van der Waals surface area contributed by atoms with Crippen LogP contribution in [0.1, 0.15) is 25.0 Å². The maximum atomic E-state index is 5.46. The first-order chi connectivity index (χ1) is 10.7. The first kappa shape index (κ1) is 16.6. The Kier molecular flexibility index (Phi) is 6.03. The van der Waals surface area contributed by atoms with E-state index in [4.69, 9.17) is 17.0 Å². The minimum Gasteiger partial charge on any atom is -0.383 e. The van der Waals surface area contributed by atoms with E-state index in [1.807, 2.05) is 4.57 Å². The largest absolute Gasteiger partial charge is 0.383 e. The quantitative estimate of drug-likeness (QED) is 0.628. The van der Waals surface area contributed by atoms with Crippen LogP contribution in [0.3, 0.4) is 0 Å². The van der Waals surface area contributed by atoms with Gasteiger partial charge in [0.2, 0.25) is 10.7 Å². The van der Waals surface area contributed by atoms with E-state index in [-0.39, 0.29) is 0 Å². The molecular weight excluding hydrogens is 296 g/mol. The number of benzene rings is 1. The molecule has 0 aliphatic carbocycles. The zero-order chi connectivity index (χ0) is 15.9. The molecule has 0 saturated heterocycles. The number of aryl methyl sites for hydroxylation is 2. The highest BCUT2D eigenvalue weighted by atomic mass is 32.1. The third-order valence-corrected chi connectivity index (χ3v) is 3.79. The van der Waals surface area contributed by atoms with E-state index in [0.717, 1.165) is 18.5 Å². The van der Waals surface area contributed by atoms with Crippen molar-refractivity contribution in [1.82, 2.24) is 14.5 Å². The van der Waals surface area contributed by atoms with E-state index in [1.165, 1.54) is 11.1 Å². The Morgan fingerprint density at radius 2 is 1.91 bits per heavy atom. The fraction of sp³-hybridized carbons (Fsp3) is 0.438. The standard InChI is InChI=1S/C16H22N4OS/c1-4-12-7-6-8-13(5-2)14(12)20-11-18-15(19-16(20)22)17-9-10-21-3/h6-8,11H,4-5,9-10H2,1-3H3,(H,17,19,22). The molecular formula is C16H22N4OS. The van der Waals surface area contributed by atoms with Gasteiger partial charge in [0.15, 0.2) is 0 Å². The van der Waals surface area contributed by atoms with Crippen molar-refractivity contribution in [3.05, 3.63) is 40.4 Å². The average molecular weight is 318 g/mol. The summed E-state index contributed by atoms with van der Waals surface area (Å²) in [5.41, 5.74) is 3.61. The molecule has 118 valence electrons. The highest BCUT2D eigenvalue weighted by Crippen LogP contribution is 2.21. The first-order valence-corrected chi connectivity index (χ1v) is 7.91.